The molecule has 17 heavy (non-hydrogen) atoms. The molecule has 0 aliphatic heterocycles. The Bertz CT molecular complexity index is 459. The lowest BCUT2D eigenvalue weighted by Gasteiger charge is -2.10. The van der Waals surface area contributed by atoms with Gasteiger partial charge in [-0.25, -0.2) is 0 Å². The third-order valence-electron chi connectivity index (χ3n) is 2.71. The van der Waals surface area contributed by atoms with Gasteiger partial charge in [-0.15, -0.1) is 0 Å². The van der Waals surface area contributed by atoms with Crippen molar-refractivity contribution in [2.45, 2.75) is 26.4 Å². The Kier molecular flexibility index (Phi) is 4.10. The number of aromatic nitrogens is 1. The second kappa shape index (κ2) is 5.78. The monoisotopic (exact) mass is 248 g/mol. The van der Waals surface area contributed by atoms with Gasteiger partial charge in [0, 0.05) is 29.1 Å². The van der Waals surface area contributed by atoms with E-state index in [2.05, 4.69) is 35.1 Å². The number of hydrogen-bond acceptors (Lipinski definition) is 1. The van der Waals surface area contributed by atoms with Gasteiger partial charge in [0.25, 0.3) is 0 Å². The largest absolute Gasteiger partial charge is 0.379 e. The summed E-state index contributed by atoms with van der Waals surface area (Å²) >= 11 is 5.85. The lowest BCUT2D eigenvalue weighted by atomic mass is 10.3. The van der Waals surface area contributed by atoms with Crippen molar-refractivity contribution in [2.75, 3.05) is 5.32 Å². The van der Waals surface area contributed by atoms with E-state index in [-0.39, 0.29) is 0 Å². The Hall–Kier alpha value is -1.41. The molecule has 0 saturated heterocycles. The van der Waals surface area contributed by atoms with Crippen LogP contribution in [0.3, 0.4) is 0 Å². The number of nitrogens with one attached hydrogen (secondary N) is 1. The molecule has 1 aromatic carbocycles. The maximum atomic E-state index is 5.85. The first-order chi connectivity index (χ1) is 8.29. The van der Waals surface area contributed by atoms with Crippen molar-refractivity contribution in [1.82, 2.24) is 4.57 Å². The number of hydrogen-bond donors (Lipinski definition) is 1. The van der Waals surface area contributed by atoms with Crippen LogP contribution < -0.4 is 5.32 Å². The van der Waals surface area contributed by atoms with Gasteiger partial charge in [0.15, 0.2) is 0 Å². The van der Waals surface area contributed by atoms with Gasteiger partial charge in [0.2, 0.25) is 0 Å². The van der Waals surface area contributed by atoms with Crippen molar-refractivity contribution in [2.24, 2.45) is 0 Å². The average molecular weight is 249 g/mol. The summed E-state index contributed by atoms with van der Waals surface area (Å²) in [6.45, 7) is 4.11. The van der Waals surface area contributed by atoms with Crippen LogP contribution in [0.2, 0.25) is 5.02 Å². The fourth-order valence-electron chi connectivity index (χ4n) is 1.83. The van der Waals surface area contributed by atoms with Gasteiger partial charge >= 0.3 is 0 Å². The van der Waals surface area contributed by atoms with E-state index in [9.17, 15) is 0 Å². The van der Waals surface area contributed by atoms with Gasteiger partial charge in [0.1, 0.15) is 0 Å². The van der Waals surface area contributed by atoms with Crippen LogP contribution in [-0.4, -0.2) is 4.57 Å². The maximum absolute atomic E-state index is 5.85. The molecular formula is C14H17ClN2. The number of rotatable bonds is 5. The van der Waals surface area contributed by atoms with Gasteiger partial charge < -0.3 is 9.88 Å². The van der Waals surface area contributed by atoms with Gasteiger partial charge in [0.05, 0.1) is 6.54 Å². The summed E-state index contributed by atoms with van der Waals surface area (Å²) in [5.41, 5.74) is 2.40. The Labute approximate surface area is 107 Å². The predicted molar refractivity (Wildman–Crippen MR) is 73.5 cm³/mol. The molecule has 0 atom stereocenters. The lowest BCUT2D eigenvalue weighted by Crippen LogP contribution is -2.06. The van der Waals surface area contributed by atoms with Crippen LogP contribution >= 0.6 is 11.6 Å². The molecule has 2 aromatic rings. The summed E-state index contributed by atoms with van der Waals surface area (Å²) < 4.78 is 2.28. The normalized spacial score (nSPS) is 10.5. The summed E-state index contributed by atoms with van der Waals surface area (Å²) in [5.74, 6) is 0. The van der Waals surface area contributed by atoms with E-state index in [0.29, 0.717) is 0 Å². The van der Waals surface area contributed by atoms with Crippen molar-refractivity contribution >= 4 is 17.3 Å². The second-order valence-corrected chi connectivity index (χ2v) is 4.49. The zero-order chi connectivity index (χ0) is 12.1. The molecule has 1 N–H and O–H groups in total. The fraction of sp³-hybridized carbons (Fsp3) is 0.286. The first-order valence-electron chi connectivity index (χ1n) is 5.93. The van der Waals surface area contributed by atoms with E-state index >= 15 is 0 Å². The number of nitrogens with zero attached hydrogens (tertiary/aromatic N) is 1. The smallest absolute Gasteiger partial charge is 0.0553 e. The van der Waals surface area contributed by atoms with Crippen LogP contribution in [0, 0.1) is 0 Å². The zero-order valence-electron chi connectivity index (χ0n) is 9.99. The van der Waals surface area contributed by atoms with E-state index in [1.807, 2.05) is 24.3 Å². The Morgan fingerprint density at radius 1 is 1.18 bits per heavy atom. The molecule has 0 spiro atoms. The topological polar surface area (TPSA) is 17.0 Å². The first-order valence-corrected chi connectivity index (χ1v) is 6.31. The van der Waals surface area contributed by atoms with Gasteiger partial charge in [-0.1, -0.05) is 18.5 Å². The number of halogens is 1. The molecule has 0 saturated carbocycles. The van der Waals surface area contributed by atoms with E-state index < -0.39 is 0 Å². The molecule has 2 nitrogen and oxygen atoms in total. The molecule has 0 unspecified atom stereocenters. The molecule has 0 amide bonds. The van der Waals surface area contributed by atoms with Gasteiger partial charge in [-0.2, -0.15) is 0 Å². The fourth-order valence-corrected chi connectivity index (χ4v) is 1.96. The summed E-state index contributed by atoms with van der Waals surface area (Å²) in [6.07, 6.45) is 3.28. The van der Waals surface area contributed by atoms with Crippen molar-refractivity contribution in [1.29, 1.82) is 0 Å². The molecular weight excluding hydrogens is 232 g/mol. The molecule has 3 heteroatoms. The molecule has 2 rings (SSSR count). The third kappa shape index (κ3) is 3.27. The molecule has 0 bridgehead atoms. The van der Waals surface area contributed by atoms with Crippen molar-refractivity contribution in [3.05, 3.63) is 53.3 Å². The lowest BCUT2D eigenvalue weighted by molar-refractivity contribution is 0.654. The van der Waals surface area contributed by atoms with Crippen LogP contribution in [0.4, 0.5) is 5.69 Å². The number of anilines is 1. The molecule has 0 fully saturated rings. The summed E-state index contributed by atoms with van der Waals surface area (Å²) in [6, 6.07) is 12.0. The quantitative estimate of drug-likeness (QED) is 0.841. The van der Waals surface area contributed by atoms with Crippen LogP contribution in [0.5, 0.6) is 0 Å². The van der Waals surface area contributed by atoms with E-state index in [1.54, 1.807) is 0 Å². The molecule has 90 valence electrons. The highest BCUT2D eigenvalue weighted by Crippen LogP contribution is 2.14. The van der Waals surface area contributed by atoms with Gasteiger partial charge in [-0.05, 0) is 42.8 Å². The minimum absolute atomic E-state index is 0.768. The third-order valence-corrected chi connectivity index (χ3v) is 2.96. The predicted octanol–water partition coefficient (Wildman–Crippen LogP) is 4.16. The number of benzene rings is 1. The van der Waals surface area contributed by atoms with Crippen molar-refractivity contribution in [3.63, 3.8) is 0 Å². The van der Waals surface area contributed by atoms with E-state index in [0.717, 1.165) is 30.2 Å². The van der Waals surface area contributed by atoms with Crippen LogP contribution in [-0.2, 0) is 13.1 Å². The van der Waals surface area contributed by atoms with Crippen molar-refractivity contribution < 1.29 is 0 Å². The minimum Gasteiger partial charge on any atom is -0.379 e. The maximum Gasteiger partial charge on any atom is 0.0553 e. The Balaban J connectivity index is 1.97. The Morgan fingerprint density at radius 2 is 1.94 bits per heavy atom. The summed E-state index contributed by atoms with van der Waals surface area (Å²) in [7, 11) is 0. The standard InChI is InChI=1S/C14H17ClN2/c1-2-9-17-10-3-4-14(17)11-16-13-7-5-12(15)6-8-13/h3-8,10,16H,2,9,11H2,1H3. The zero-order valence-corrected chi connectivity index (χ0v) is 10.7. The molecule has 1 aromatic heterocycles. The van der Waals surface area contributed by atoms with Crippen molar-refractivity contribution in [3.8, 4) is 0 Å². The molecule has 0 aliphatic carbocycles. The van der Waals surface area contributed by atoms with E-state index in [4.69, 9.17) is 11.6 Å². The highest BCUT2D eigenvalue weighted by molar-refractivity contribution is 6.30. The molecule has 0 aliphatic rings. The highest BCUT2D eigenvalue weighted by atomic mass is 35.5. The average Bonchev–Trinajstić information content (AvgIpc) is 2.77. The molecule has 1 heterocycles. The highest BCUT2D eigenvalue weighted by Gasteiger charge is 1.99. The summed E-state index contributed by atoms with van der Waals surface area (Å²) in [5, 5.41) is 4.16. The van der Waals surface area contributed by atoms with Crippen LogP contribution in [0.25, 0.3) is 0 Å². The van der Waals surface area contributed by atoms with Gasteiger partial charge in [-0.3, -0.25) is 0 Å². The minimum atomic E-state index is 0.768. The SMILES string of the molecule is CCCn1cccc1CNc1ccc(Cl)cc1. The second-order valence-electron chi connectivity index (χ2n) is 4.05. The van der Waals surface area contributed by atoms with E-state index in [1.165, 1.54) is 5.69 Å². The van der Waals surface area contributed by atoms with Crippen LogP contribution in [0.1, 0.15) is 19.0 Å². The summed E-state index contributed by atoms with van der Waals surface area (Å²) in [4.78, 5) is 0. The molecule has 0 radical (unpaired) electrons. The van der Waals surface area contributed by atoms with Crippen LogP contribution in [0.15, 0.2) is 42.6 Å². The Morgan fingerprint density at radius 3 is 2.65 bits per heavy atom. The first kappa shape index (κ1) is 12.1. The number of aryl methyl sites for hydroxylation is 1.